The molecule has 1 unspecified atom stereocenters. The fourth-order valence-electron chi connectivity index (χ4n) is 1.99. The summed E-state index contributed by atoms with van der Waals surface area (Å²) in [5.74, 6) is -8.10. The molecule has 0 fully saturated rings. The summed E-state index contributed by atoms with van der Waals surface area (Å²) in [6, 6.07) is 6.65. The Morgan fingerprint density at radius 1 is 1.10 bits per heavy atom. The van der Waals surface area contributed by atoms with Gasteiger partial charge in [-0.2, -0.15) is 17.6 Å². The van der Waals surface area contributed by atoms with E-state index in [1.54, 1.807) is 5.32 Å². The number of hydrogen-bond donors (Lipinski definition) is 1. The normalized spacial score (nSPS) is 25.6. The number of aliphatic imine (C=N–C) groups is 1. The van der Waals surface area contributed by atoms with E-state index in [4.69, 9.17) is 0 Å². The lowest BCUT2D eigenvalue weighted by molar-refractivity contribution is -0.162. The zero-order valence-electron chi connectivity index (χ0n) is 9.67. The molecule has 0 spiro atoms. The number of halogens is 5. The molecule has 2 aliphatic rings. The lowest BCUT2D eigenvalue weighted by Gasteiger charge is -2.36. The first-order valence-electron chi connectivity index (χ1n) is 5.48. The third-order valence-electron chi connectivity index (χ3n) is 2.93. The topological polar surface area (TPSA) is 27.6 Å². The van der Waals surface area contributed by atoms with E-state index in [-0.39, 0.29) is 5.56 Å². The molecule has 0 aromatic heterocycles. The predicted octanol–water partition coefficient (Wildman–Crippen LogP) is 3.26. The van der Waals surface area contributed by atoms with Gasteiger partial charge in [0.15, 0.2) is 0 Å². The van der Waals surface area contributed by atoms with Gasteiger partial charge in [-0.15, -0.1) is 5.12 Å². The van der Waals surface area contributed by atoms with Gasteiger partial charge < -0.3 is 5.32 Å². The molecule has 3 nitrogen and oxygen atoms in total. The second kappa shape index (κ2) is 4.06. The van der Waals surface area contributed by atoms with Crippen LogP contribution in [0.5, 0.6) is 0 Å². The van der Waals surface area contributed by atoms with Crippen molar-refractivity contribution >= 4 is 5.97 Å². The maximum absolute atomic E-state index is 14.7. The van der Waals surface area contributed by atoms with Crippen molar-refractivity contribution in [2.75, 3.05) is 0 Å². The van der Waals surface area contributed by atoms with Crippen molar-refractivity contribution in [2.24, 2.45) is 4.99 Å². The maximum Gasteiger partial charge on any atom is 0.313 e. The minimum atomic E-state index is -3.19. The molecule has 0 saturated heterocycles. The van der Waals surface area contributed by atoms with Gasteiger partial charge in [-0.05, 0) is 0 Å². The molecule has 20 heavy (non-hydrogen) atoms. The zero-order chi connectivity index (χ0) is 14.5. The standard InChI is InChI=1S/C12H6F5N3/c13-7-9-8(18-10(7)14)11(15)19-12(16,20(9)17)6-4-2-1-3-5-6/h1-5,19H. The van der Waals surface area contributed by atoms with Crippen molar-refractivity contribution in [2.45, 2.75) is 5.92 Å². The SMILES string of the molecule is FC1=NC2=C(F)NC(F)(c3ccccc3)N(F)C2=C1F. The van der Waals surface area contributed by atoms with Crippen LogP contribution in [0.25, 0.3) is 0 Å². The van der Waals surface area contributed by atoms with Crippen LogP contribution in [-0.2, 0) is 5.92 Å². The number of nitrogens with zero attached hydrogens (tertiary/aromatic N) is 2. The number of rotatable bonds is 1. The molecule has 0 radical (unpaired) electrons. The fourth-order valence-corrected chi connectivity index (χ4v) is 1.99. The minimum Gasteiger partial charge on any atom is -0.305 e. The Hall–Kier alpha value is -2.38. The second-order valence-corrected chi connectivity index (χ2v) is 4.12. The van der Waals surface area contributed by atoms with E-state index in [1.807, 2.05) is 0 Å². The Morgan fingerprint density at radius 2 is 1.75 bits per heavy atom. The van der Waals surface area contributed by atoms with E-state index in [2.05, 4.69) is 4.99 Å². The molecule has 1 atom stereocenters. The Kier molecular flexibility index (Phi) is 2.56. The van der Waals surface area contributed by atoms with Crippen LogP contribution >= 0.6 is 0 Å². The lowest BCUT2D eigenvalue weighted by atomic mass is 10.1. The van der Waals surface area contributed by atoms with Gasteiger partial charge in [0.1, 0.15) is 11.4 Å². The molecule has 2 heterocycles. The molecular weight excluding hydrogens is 281 g/mol. The summed E-state index contributed by atoms with van der Waals surface area (Å²) in [6.45, 7) is 0. The van der Waals surface area contributed by atoms with E-state index in [9.17, 15) is 22.0 Å². The summed E-state index contributed by atoms with van der Waals surface area (Å²) >= 11 is 0. The van der Waals surface area contributed by atoms with E-state index >= 15 is 0 Å². The summed E-state index contributed by atoms with van der Waals surface area (Å²) in [6.07, 6.45) is 0. The van der Waals surface area contributed by atoms with Gasteiger partial charge in [0.2, 0.25) is 11.8 Å². The van der Waals surface area contributed by atoms with E-state index in [0.29, 0.717) is 0 Å². The Balaban J connectivity index is 2.17. The number of alkyl halides is 1. The van der Waals surface area contributed by atoms with Crippen LogP contribution < -0.4 is 5.32 Å². The van der Waals surface area contributed by atoms with Crippen molar-refractivity contribution in [3.63, 3.8) is 0 Å². The van der Waals surface area contributed by atoms with Gasteiger partial charge in [-0.3, -0.25) is 0 Å². The number of hydrogen-bond acceptors (Lipinski definition) is 3. The highest BCUT2D eigenvalue weighted by Crippen LogP contribution is 2.44. The molecule has 0 aliphatic carbocycles. The fraction of sp³-hybridized carbons (Fsp3) is 0.0833. The quantitative estimate of drug-likeness (QED) is 0.488. The highest BCUT2D eigenvalue weighted by molar-refractivity contribution is 5.96. The van der Waals surface area contributed by atoms with Crippen LogP contribution in [0.15, 0.2) is 58.5 Å². The number of allylic oxidation sites excluding steroid dienone is 1. The number of benzene rings is 1. The second-order valence-electron chi connectivity index (χ2n) is 4.12. The van der Waals surface area contributed by atoms with Crippen molar-refractivity contribution < 1.29 is 22.0 Å². The summed E-state index contributed by atoms with van der Waals surface area (Å²) < 4.78 is 68.9. The van der Waals surface area contributed by atoms with Gasteiger partial charge >= 0.3 is 5.92 Å². The largest absolute Gasteiger partial charge is 0.313 e. The van der Waals surface area contributed by atoms with Crippen LogP contribution in [0.2, 0.25) is 0 Å². The first kappa shape index (κ1) is 12.6. The van der Waals surface area contributed by atoms with E-state index in [1.165, 1.54) is 30.3 Å². The Bertz CT molecular complexity index is 667. The van der Waals surface area contributed by atoms with Crippen molar-refractivity contribution in [3.05, 3.63) is 59.1 Å². The Labute approximate surface area is 109 Å². The lowest BCUT2D eigenvalue weighted by Crippen LogP contribution is -2.51. The molecule has 0 bridgehead atoms. The van der Waals surface area contributed by atoms with Crippen LogP contribution in [0, 0.1) is 0 Å². The summed E-state index contributed by atoms with van der Waals surface area (Å²) in [5.41, 5.74) is -2.49. The van der Waals surface area contributed by atoms with Gasteiger partial charge in [-0.1, -0.05) is 34.8 Å². The first-order chi connectivity index (χ1) is 9.45. The van der Waals surface area contributed by atoms with Crippen LogP contribution in [-0.4, -0.2) is 11.1 Å². The monoisotopic (exact) mass is 287 g/mol. The number of fused-ring (bicyclic) bond motifs is 1. The Morgan fingerprint density at radius 3 is 2.40 bits per heavy atom. The van der Waals surface area contributed by atoms with Crippen LogP contribution in [0.3, 0.4) is 0 Å². The highest BCUT2D eigenvalue weighted by atomic mass is 19.2. The van der Waals surface area contributed by atoms with Crippen LogP contribution in [0.1, 0.15) is 5.56 Å². The van der Waals surface area contributed by atoms with Gasteiger partial charge in [0, 0.05) is 5.56 Å². The number of nitrogens with one attached hydrogen (secondary N) is 1. The first-order valence-corrected chi connectivity index (χ1v) is 5.48. The van der Waals surface area contributed by atoms with E-state index in [0.717, 1.165) is 0 Å². The van der Waals surface area contributed by atoms with Crippen molar-refractivity contribution in [3.8, 4) is 0 Å². The van der Waals surface area contributed by atoms with E-state index < -0.39 is 40.2 Å². The third-order valence-corrected chi connectivity index (χ3v) is 2.93. The summed E-state index contributed by atoms with van der Waals surface area (Å²) in [5, 5.41) is 0.878. The molecule has 0 saturated carbocycles. The third kappa shape index (κ3) is 1.54. The average Bonchev–Trinajstić information content (AvgIpc) is 2.74. The molecular formula is C12H6F5N3. The maximum atomic E-state index is 14.7. The molecule has 1 aromatic carbocycles. The smallest absolute Gasteiger partial charge is 0.305 e. The summed E-state index contributed by atoms with van der Waals surface area (Å²) in [4.78, 5) is 2.88. The van der Waals surface area contributed by atoms with Crippen molar-refractivity contribution in [1.82, 2.24) is 10.4 Å². The summed E-state index contributed by atoms with van der Waals surface area (Å²) in [7, 11) is 0. The molecule has 1 aromatic rings. The van der Waals surface area contributed by atoms with Gasteiger partial charge in [0.05, 0.1) is 0 Å². The van der Waals surface area contributed by atoms with Crippen LogP contribution in [0.4, 0.5) is 22.0 Å². The molecule has 2 aliphatic heterocycles. The molecule has 104 valence electrons. The molecule has 1 N–H and O–H groups in total. The molecule has 8 heteroatoms. The average molecular weight is 287 g/mol. The van der Waals surface area contributed by atoms with Gasteiger partial charge in [-0.25, -0.2) is 4.99 Å². The van der Waals surface area contributed by atoms with Gasteiger partial charge in [0.25, 0.3) is 5.97 Å². The van der Waals surface area contributed by atoms with Crippen molar-refractivity contribution in [1.29, 1.82) is 0 Å². The molecule has 3 rings (SSSR count). The predicted molar refractivity (Wildman–Crippen MR) is 60.1 cm³/mol. The highest BCUT2D eigenvalue weighted by Gasteiger charge is 2.51. The molecule has 0 amide bonds. The minimum absolute atomic E-state index is 0.315. The zero-order valence-corrected chi connectivity index (χ0v) is 9.67.